The number of rotatable bonds is 4. The van der Waals surface area contributed by atoms with Gasteiger partial charge in [-0.15, -0.1) is 0 Å². The zero-order chi connectivity index (χ0) is 17.9. The molecule has 1 aliphatic rings. The lowest BCUT2D eigenvalue weighted by Gasteiger charge is -2.21. The molecule has 1 aromatic carbocycles. The Morgan fingerprint density at radius 2 is 2.21 bits per heavy atom. The quantitative estimate of drug-likeness (QED) is 0.650. The predicted molar refractivity (Wildman–Crippen MR) is 93.3 cm³/mol. The van der Waals surface area contributed by atoms with Gasteiger partial charge in [0.05, 0.1) is 11.5 Å². The van der Waals surface area contributed by atoms with Crippen LogP contribution >= 0.6 is 11.6 Å². The van der Waals surface area contributed by atoms with Crippen molar-refractivity contribution in [3.05, 3.63) is 40.6 Å². The summed E-state index contributed by atoms with van der Waals surface area (Å²) < 4.78 is 23.1. The van der Waals surface area contributed by atoms with Gasteiger partial charge in [0, 0.05) is 30.0 Å². The van der Waals surface area contributed by atoms with E-state index in [1.54, 1.807) is 37.1 Å². The van der Waals surface area contributed by atoms with Gasteiger partial charge in [-0.3, -0.25) is 4.79 Å². The molecule has 2 rings (SSSR count). The number of nitriles is 1. The summed E-state index contributed by atoms with van der Waals surface area (Å²) in [7, 11) is -1.36. The number of hydrogen-bond donors (Lipinski definition) is 1. The van der Waals surface area contributed by atoms with E-state index in [0.29, 0.717) is 22.7 Å². The maximum Gasteiger partial charge on any atom is 0.267 e. The third-order valence-electron chi connectivity index (χ3n) is 4.00. The molecule has 0 spiro atoms. The van der Waals surface area contributed by atoms with E-state index in [1.165, 1.54) is 6.20 Å². The highest BCUT2D eigenvalue weighted by Gasteiger charge is 2.30. The van der Waals surface area contributed by atoms with Crippen LogP contribution in [0.2, 0.25) is 5.02 Å². The van der Waals surface area contributed by atoms with Crippen LogP contribution in [-0.4, -0.2) is 43.8 Å². The van der Waals surface area contributed by atoms with Crippen LogP contribution in [0.1, 0.15) is 12.0 Å². The van der Waals surface area contributed by atoms with Crippen LogP contribution in [-0.2, 0) is 14.6 Å². The molecule has 1 amide bonds. The lowest BCUT2D eigenvalue weighted by Crippen LogP contribution is -2.29. The number of benzene rings is 1. The van der Waals surface area contributed by atoms with E-state index < -0.39 is 15.7 Å². The van der Waals surface area contributed by atoms with Crippen LogP contribution in [0, 0.1) is 18.3 Å². The summed E-state index contributed by atoms with van der Waals surface area (Å²) in [5.74, 6) is -0.394. The lowest BCUT2D eigenvalue weighted by atomic mass is 10.2. The summed E-state index contributed by atoms with van der Waals surface area (Å²) in [5.41, 5.74) is 1.14. The number of nitrogens with one attached hydrogen (secondary N) is 1. The zero-order valence-electron chi connectivity index (χ0n) is 13.4. The average molecular weight is 368 g/mol. The van der Waals surface area contributed by atoms with Crippen molar-refractivity contribution in [1.82, 2.24) is 4.90 Å². The molecule has 0 radical (unpaired) electrons. The normalized spacial score (nSPS) is 19.6. The molecule has 1 aliphatic heterocycles. The first-order valence-corrected chi connectivity index (χ1v) is 9.54. The van der Waals surface area contributed by atoms with Gasteiger partial charge < -0.3 is 10.2 Å². The van der Waals surface area contributed by atoms with Crippen LogP contribution < -0.4 is 5.32 Å². The fraction of sp³-hybridized carbons (Fsp3) is 0.375. The van der Waals surface area contributed by atoms with Crippen LogP contribution in [0.4, 0.5) is 5.69 Å². The van der Waals surface area contributed by atoms with Gasteiger partial charge in [-0.25, -0.2) is 8.42 Å². The highest BCUT2D eigenvalue weighted by atomic mass is 35.5. The first kappa shape index (κ1) is 18.3. The molecule has 1 heterocycles. The average Bonchev–Trinajstić information content (AvgIpc) is 2.89. The Labute approximate surface area is 146 Å². The molecule has 1 saturated heterocycles. The van der Waals surface area contributed by atoms with E-state index in [9.17, 15) is 18.5 Å². The highest BCUT2D eigenvalue weighted by molar-refractivity contribution is 7.91. The molecule has 8 heteroatoms. The fourth-order valence-electron chi connectivity index (χ4n) is 2.48. The Morgan fingerprint density at radius 3 is 2.79 bits per heavy atom. The Balaban J connectivity index is 2.14. The molecular weight excluding hydrogens is 350 g/mol. The summed E-state index contributed by atoms with van der Waals surface area (Å²) in [6.45, 7) is 1.77. The summed E-state index contributed by atoms with van der Waals surface area (Å²) in [4.78, 5) is 13.9. The first-order chi connectivity index (χ1) is 11.2. The number of carbonyl (C=O) groups excluding carboxylic acids is 1. The molecule has 1 N–H and O–H groups in total. The van der Waals surface area contributed by atoms with Crippen LogP contribution in [0.5, 0.6) is 0 Å². The smallest absolute Gasteiger partial charge is 0.267 e. The van der Waals surface area contributed by atoms with Crippen LogP contribution in [0.25, 0.3) is 0 Å². The maximum atomic E-state index is 12.3. The maximum absolute atomic E-state index is 12.3. The molecule has 6 nitrogen and oxygen atoms in total. The number of amides is 1. The van der Waals surface area contributed by atoms with E-state index in [0.717, 1.165) is 0 Å². The number of hydrogen-bond acceptors (Lipinski definition) is 5. The fourth-order valence-corrected chi connectivity index (χ4v) is 4.44. The van der Waals surface area contributed by atoms with Crippen molar-refractivity contribution in [3.8, 4) is 6.07 Å². The molecule has 0 saturated carbocycles. The Kier molecular flexibility index (Phi) is 5.52. The molecule has 128 valence electrons. The summed E-state index contributed by atoms with van der Waals surface area (Å²) in [6.07, 6.45) is 1.88. The second-order valence-electron chi connectivity index (χ2n) is 5.74. The van der Waals surface area contributed by atoms with Crippen molar-refractivity contribution < 1.29 is 13.2 Å². The zero-order valence-corrected chi connectivity index (χ0v) is 15.0. The van der Waals surface area contributed by atoms with Crippen molar-refractivity contribution >= 4 is 33.0 Å². The summed E-state index contributed by atoms with van der Waals surface area (Å²) in [6, 6.07) is 6.74. The van der Waals surface area contributed by atoms with Crippen molar-refractivity contribution in [2.24, 2.45) is 0 Å². The number of nitrogens with zero attached hydrogens (tertiary/aromatic N) is 2. The largest absolute Gasteiger partial charge is 0.375 e. The van der Waals surface area contributed by atoms with Crippen molar-refractivity contribution in [2.45, 2.75) is 19.4 Å². The third-order valence-corrected chi connectivity index (χ3v) is 6.16. The van der Waals surface area contributed by atoms with Gasteiger partial charge in [0.2, 0.25) is 0 Å². The minimum Gasteiger partial charge on any atom is -0.375 e. The number of anilines is 1. The highest BCUT2D eigenvalue weighted by Crippen LogP contribution is 2.23. The van der Waals surface area contributed by atoms with E-state index in [2.05, 4.69) is 5.32 Å². The Bertz CT molecular complexity index is 827. The summed E-state index contributed by atoms with van der Waals surface area (Å²) in [5, 5.41) is 12.4. The number of carbonyl (C=O) groups is 1. The molecule has 1 unspecified atom stereocenters. The van der Waals surface area contributed by atoms with Crippen molar-refractivity contribution in [3.63, 3.8) is 0 Å². The van der Waals surface area contributed by atoms with Gasteiger partial charge in [0.1, 0.15) is 11.6 Å². The van der Waals surface area contributed by atoms with Gasteiger partial charge in [0.25, 0.3) is 5.91 Å². The SMILES string of the molecule is Cc1c(Cl)cccc1NC(=O)/C(C#N)=C\N(C)C1CCS(=O)(=O)C1. The second-order valence-corrected chi connectivity index (χ2v) is 8.38. The second kappa shape index (κ2) is 7.24. The first-order valence-electron chi connectivity index (χ1n) is 7.34. The third kappa shape index (κ3) is 4.28. The minimum absolute atomic E-state index is 0.0354. The van der Waals surface area contributed by atoms with Gasteiger partial charge in [-0.05, 0) is 31.0 Å². The molecule has 0 aliphatic carbocycles. The number of halogens is 1. The monoisotopic (exact) mass is 367 g/mol. The van der Waals surface area contributed by atoms with E-state index in [-0.39, 0.29) is 23.1 Å². The van der Waals surface area contributed by atoms with Crippen molar-refractivity contribution in [1.29, 1.82) is 5.26 Å². The van der Waals surface area contributed by atoms with Gasteiger partial charge >= 0.3 is 0 Å². The summed E-state index contributed by atoms with van der Waals surface area (Å²) >= 11 is 6.01. The van der Waals surface area contributed by atoms with Gasteiger partial charge in [-0.2, -0.15) is 5.26 Å². The molecule has 0 aromatic heterocycles. The Morgan fingerprint density at radius 1 is 1.50 bits per heavy atom. The lowest BCUT2D eigenvalue weighted by molar-refractivity contribution is -0.112. The van der Waals surface area contributed by atoms with Gasteiger partial charge in [0.15, 0.2) is 9.84 Å². The topological polar surface area (TPSA) is 90.3 Å². The van der Waals surface area contributed by atoms with E-state index in [4.69, 9.17) is 11.6 Å². The molecule has 1 atom stereocenters. The minimum atomic E-state index is -3.03. The van der Waals surface area contributed by atoms with Crippen molar-refractivity contribution in [2.75, 3.05) is 23.9 Å². The standard InChI is InChI=1S/C16H18ClN3O3S/c1-11-14(17)4-3-5-15(11)19-16(21)12(8-18)9-20(2)13-6-7-24(22,23)10-13/h3-5,9,13H,6-7,10H2,1-2H3,(H,19,21)/b12-9-. The molecule has 0 bridgehead atoms. The van der Waals surface area contributed by atoms with E-state index in [1.807, 2.05) is 6.07 Å². The van der Waals surface area contributed by atoms with Gasteiger partial charge in [-0.1, -0.05) is 17.7 Å². The number of sulfone groups is 1. The Hall–Kier alpha value is -2.04. The molecule has 24 heavy (non-hydrogen) atoms. The van der Waals surface area contributed by atoms with E-state index >= 15 is 0 Å². The molecular formula is C16H18ClN3O3S. The predicted octanol–water partition coefficient (Wildman–Crippen LogP) is 2.11. The molecule has 1 aromatic rings. The van der Waals surface area contributed by atoms with Crippen LogP contribution in [0.3, 0.4) is 0 Å². The molecule has 1 fully saturated rings. The van der Waals surface area contributed by atoms with Crippen LogP contribution in [0.15, 0.2) is 30.0 Å².